The molecular formula is C28H22N2O5. The summed E-state index contributed by atoms with van der Waals surface area (Å²) in [6.07, 6.45) is 2.32. The molecule has 7 nitrogen and oxygen atoms in total. The first-order chi connectivity index (χ1) is 16.8. The van der Waals surface area contributed by atoms with Crippen molar-refractivity contribution in [2.75, 3.05) is 5.32 Å². The average molecular weight is 466 g/mol. The highest BCUT2D eigenvalue weighted by Crippen LogP contribution is 2.68. The zero-order chi connectivity index (χ0) is 24.7. The third kappa shape index (κ3) is 2.47. The molecule has 0 amide bonds. The lowest BCUT2D eigenvalue weighted by Gasteiger charge is -2.38. The largest absolute Gasteiger partial charge is 0.507 e. The van der Waals surface area contributed by atoms with Crippen LogP contribution in [-0.2, 0) is 16.9 Å². The van der Waals surface area contributed by atoms with Crippen LogP contribution in [0.2, 0.25) is 0 Å². The molecule has 2 heterocycles. The van der Waals surface area contributed by atoms with Gasteiger partial charge in [-0.05, 0) is 37.6 Å². The van der Waals surface area contributed by atoms with E-state index in [0.29, 0.717) is 16.8 Å². The van der Waals surface area contributed by atoms with Gasteiger partial charge in [0.1, 0.15) is 17.4 Å². The van der Waals surface area contributed by atoms with Crippen LogP contribution < -0.4 is 11.1 Å². The molecule has 5 atom stereocenters. The topological polar surface area (TPSA) is 125 Å². The molecule has 0 aromatic heterocycles. The van der Waals surface area contributed by atoms with Gasteiger partial charge in [0.25, 0.3) is 0 Å². The van der Waals surface area contributed by atoms with Gasteiger partial charge in [0, 0.05) is 23.2 Å². The fourth-order valence-electron chi connectivity index (χ4n) is 6.02. The van der Waals surface area contributed by atoms with Crippen LogP contribution in [0.5, 0.6) is 5.75 Å². The molecule has 4 aliphatic rings. The fraction of sp³-hybridized carbons (Fsp3) is 0.286. The fourth-order valence-corrected chi connectivity index (χ4v) is 6.02. The average Bonchev–Trinajstić information content (AvgIpc) is 3.57. The number of aliphatic hydroxyl groups excluding tert-OH is 1. The molecule has 0 spiro atoms. The van der Waals surface area contributed by atoms with Crippen molar-refractivity contribution >= 4 is 17.3 Å². The van der Waals surface area contributed by atoms with Gasteiger partial charge >= 0.3 is 0 Å². The van der Waals surface area contributed by atoms with E-state index in [2.05, 4.69) is 29.0 Å². The van der Waals surface area contributed by atoms with Crippen molar-refractivity contribution in [3.8, 4) is 29.4 Å². The number of hydrogen-bond acceptors (Lipinski definition) is 7. The summed E-state index contributed by atoms with van der Waals surface area (Å²) in [4.78, 5) is 27.5. The lowest BCUT2D eigenvalue weighted by atomic mass is 9.67. The lowest BCUT2D eigenvalue weighted by Crippen LogP contribution is -2.53. The minimum absolute atomic E-state index is 0.0697. The molecule has 2 aliphatic heterocycles. The van der Waals surface area contributed by atoms with Crippen molar-refractivity contribution in [2.24, 2.45) is 11.7 Å². The number of carbonyl (C=O) groups is 2. The predicted molar refractivity (Wildman–Crippen MR) is 128 cm³/mol. The van der Waals surface area contributed by atoms with E-state index in [0.717, 1.165) is 0 Å². The first-order valence-electron chi connectivity index (χ1n) is 11.4. The number of epoxide rings is 1. The van der Waals surface area contributed by atoms with Crippen LogP contribution >= 0.6 is 0 Å². The summed E-state index contributed by atoms with van der Waals surface area (Å²) in [6, 6.07) is 5.74. The number of phenolic OH excluding ortho intramolecular Hbond substituents is 1. The second-order valence-electron chi connectivity index (χ2n) is 9.29. The Bertz CT molecular complexity index is 1520. The number of phenols is 1. The number of ketones is 2. The summed E-state index contributed by atoms with van der Waals surface area (Å²) in [5.74, 6) is 10.5. The van der Waals surface area contributed by atoms with Crippen LogP contribution in [0.3, 0.4) is 0 Å². The normalized spacial score (nSPS) is 30.5. The van der Waals surface area contributed by atoms with Crippen LogP contribution in [0.15, 0.2) is 36.4 Å². The number of anilines is 1. The van der Waals surface area contributed by atoms with Gasteiger partial charge in [-0.1, -0.05) is 41.9 Å². The third-order valence-electron chi connectivity index (χ3n) is 7.60. The SMILES string of the molecule is C[C@@H]1C#C/C=C\C#C[C@@H]2Nc3c(cc(O)c4c3C(=O)c3cccc(CN)c3C4=O)[C@]13O[C@@]23[C@@H](C)O. The number of allylic oxidation sites excluding steroid dienone is 2. The van der Waals surface area contributed by atoms with E-state index < -0.39 is 40.8 Å². The summed E-state index contributed by atoms with van der Waals surface area (Å²) in [5.41, 5.74) is 5.36. The molecule has 2 aliphatic carbocycles. The third-order valence-corrected chi connectivity index (χ3v) is 7.60. The molecule has 1 saturated heterocycles. The number of aliphatic hydroxyl groups is 1. The Morgan fingerprint density at radius 1 is 1.14 bits per heavy atom. The maximum absolute atomic E-state index is 13.8. The van der Waals surface area contributed by atoms with Crippen LogP contribution in [0.4, 0.5) is 5.69 Å². The van der Waals surface area contributed by atoms with Crippen molar-refractivity contribution in [3.63, 3.8) is 0 Å². The number of fused-ring (bicyclic) bond motifs is 4. The van der Waals surface area contributed by atoms with Gasteiger partial charge in [0.05, 0.1) is 28.8 Å². The number of nitrogens with two attached hydrogens (primary N) is 1. The molecule has 2 aromatic carbocycles. The van der Waals surface area contributed by atoms with E-state index in [9.17, 15) is 19.8 Å². The van der Waals surface area contributed by atoms with Gasteiger partial charge in [0.15, 0.2) is 17.2 Å². The lowest BCUT2D eigenvalue weighted by molar-refractivity contribution is 0.0868. The highest BCUT2D eigenvalue weighted by molar-refractivity contribution is 6.31. The number of nitrogens with one attached hydrogen (secondary N) is 1. The quantitative estimate of drug-likeness (QED) is 0.259. The van der Waals surface area contributed by atoms with Crippen molar-refractivity contribution < 1.29 is 24.5 Å². The maximum atomic E-state index is 13.8. The summed E-state index contributed by atoms with van der Waals surface area (Å²) in [6.45, 7) is 3.58. The Hall–Kier alpha value is -3.88. The van der Waals surface area contributed by atoms with Gasteiger partial charge in [-0.3, -0.25) is 9.59 Å². The molecule has 0 radical (unpaired) electrons. The Morgan fingerprint density at radius 2 is 1.89 bits per heavy atom. The van der Waals surface area contributed by atoms with Gasteiger partial charge in [-0.25, -0.2) is 0 Å². The molecule has 174 valence electrons. The van der Waals surface area contributed by atoms with Crippen molar-refractivity contribution in [2.45, 2.75) is 43.7 Å². The smallest absolute Gasteiger partial charge is 0.198 e. The van der Waals surface area contributed by atoms with E-state index >= 15 is 0 Å². The minimum atomic E-state index is -1.15. The van der Waals surface area contributed by atoms with Gasteiger partial charge in [0.2, 0.25) is 0 Å². The Morgan fingerprint density at radius 3 is 2.60 bits per heavy atom. The van der Waals surface area contributed by atoms with Crippen molar-refractivity contribution in [3.05, 3.63) is 69.8 Å². The second-order valence-corrected chi connectivity index (χ2v) is 9.29. The first kappa shape index (κ1) is 21.6. The molecule has 0 unspecified atom stereocenters. The van der Waals surface area contributed by atoms with E-state index in [1.165, 1.54) is 6.07 Å². The zero-order valence-corrected chi connectivity index (χ0v) is 19.1. The Kier molecular flexibility index (Phi) is 4.37. The molecule has 0 saturated carbocycles. The predicted octanol–water partition coefficient (Wildman–Crippen LogP) is 1.98. The van der Waals surface area contributed by atoms with Crippen LogP contribution in [0, 0.1) is 29.6 Å². The van der Waals surface area contributed by atoms with Crippen molar-refractivity contribution in [1.29, 1.82) is 0 Å². The van der Waals surface area contributed by atoms with Crippen molar-refractivity contribution in [1.82, 2.24) is 0 Å². The standard InChI is InChI=1S/C28H22N2O5/c1-14-8-5-3-4-6-11-20-28(15(2)31)27(14,35-28)18-12-19(32)22-23(24(18)30-20)25(33)17-10-7-9-16(13-29)21(17)26(22)34/h3-4,7,9-10,12,14-15,20,30-32H,13,29H2,1-2H3/b4-3-/t14-,15-,20+,27-,28+/m1/s1. The van der Waals surface area contributed by atoms with Gasteiger partial charge < -0.3 is 26.0 Å². The number of ether oxygens (including phenoxy) is 1. The molecular weight excluding hydrogens is 444 g/mol. The molecule has 35 heavy (non-hydrogen) atoms. The van der Waals surface area contributed by atoms with E-state index in [4.69, 9.17) is 10.5 Å². The monoisotopic (exact) mass is 466 g/mol. The summed E-state index contributed by atoms with van der Waals surface area (Å²) >= 11 is 0. The summed E-state index contributed by atoms with van der Waals surface area (Å²) < 4.78 is 6.39. The van der Waals surface area contributed by atoms with Crippen LogP contribution in [0.25, 0.3) is 0 Å². The van der Waals surface area contributed by atoms with Gasteiger partial charge in [-0.15, -0.1) is 0 Å². The molecule has 5 N–H and O–H groups in total. The zero-order valence-electron chi connectivity index (χ0n) is 19.1. The number of aromatic hydroxyl groups is 1. The second kappa shape index (κ2) is 7.07. The van der Waals surface area contributed by atoms with E-state index in [1.54, 1.807) is 37.3 Å². The molecule has 2 bridgehead atoms. The number of rotatable bonds is 2. The van der Waals surface area contributed by atoms with Gasteiger partial charge in [-0.2, -0.15) is 0 Å². The number of hydrogen-bond donors (Lipinski definition) is 4. The minimum Gasteiger partial charge on any atom is -0.507 e. The first-order valence-corrected chi connectivity index (χ1v) is 11.4. The molecule has 1 fully saturated rings. The Labute approximate surface area is 202 Å². The molecule has 6 rings (SSSR count). The number of carbonyl (C=O) groups excluding carboxylic acids is 2. The van der Waals surface area contributed by atoms with E-state index in [1.807, 2.05) is 6.92 Å². The number of benzene rings is 2. The Balaban J connectivity index is 1.68. The van der Waals surface area contributed by atoms with E-state index in [-0.39, 0.29) is 34.5 Å². The van der Waals surface area contributed by atoms with Crippen LogP contribution in [-0.4, -0.2) is 39.5 Å². The highest BCUT2D eigenvalue weighted by atomic mass is 16.6. The maximum Gasteiger partial charge on any atom is 0.198 e. The van der Waals surface area contributed by atoms with Crippen LogP contribution in [0.1, 0.15) is 56.8 Å². The highest BCUT2D eigenvalue weighted by Gasteiger charge is 2.81. The summed E-state index contributed by atoms with van der Waals surface area (Å²) in [5, 5.41) is 25.3. The summed E-state index contributed by atoms with van der Waals surface area (Å²) in [7, 11) is 0. The molecule has 7 heteroatoms. The molecule has 2 aromatic rings.